The molecule has 1 saturated heterocycles. The third-order valence-corrected chi connectivity index (χ3v) is 11.2. The highest BCUT2D eigenvalue weighted by atomic mass is 16.7. The van der Waals surface area contributed by atoms with Crippen LogP contribution >= 0.6 is 0 Å². The Morgan fingerprint density at radius 2 is 1.04 bits per heavy atom. The van der Waals surface area contributed by atoms with E-state index in [0.717, 1.165) is 57.8 Å². The Bertz CT molecular complexity index is 981. The largest absolute Gasteiger partial charge is 0.394 e. The summed E-state index contributed by atoms with van der Waals surface area (Å²) in [6.45, 7) is 3.38. The fourth-order valence-corrected chi connectivity index (χ4v) is 7.32. The second-order valence-corrected chi connectivity index (χ2v) is 16.5. The summed E-state index contributed by atoms with van der Waals surface area (Å²) in [5.74, 6) is -0.713. The smallest absolute Gasteiger partial charge is 0.249 e. The van der Waals surface area contributed by atoms with Gasteiger partial charge in [0.25, 0.3) is 0 Å². The Balaban J connectivity index is 2.42. The van der Waals surface area contributed by atoms with E-state index in [2.05, 4.69) is 43.5 Å². The number of carbonyl (C=O) groups is 1. The van der Waals surface area contributed by atoms with Crippen molar-refractivity contribution < 1.29 is 50.0 Å². The molecule has 0 saturated carbocycles. The van der Waals surface area contributed by atoms with E-state index in [-0.39, 0.29) is 12.8 Å². The minimum atomic E-state index is -1.67. The van der Waals surface area contributed by atoms with Crippen LogP contribution in [0.3, 0.4) is 0 Å². The first-order chi connectivity index (χ1) is 27.7. The quantitative estimate of drug-likeness (QED) is 0.0230. The first kappa shape index (κ1) is 53.6. The molecule has 0 aromatic carbocycles. The van der Waals surface area contributed by atoms with Crippen molar-refractivity contribution >= 4 is 5.91 Å². The number of aliphatic hydroxyl groups excluding tert-OH is 7. The summed E-state index contributed by atoms with van der Waals surface area (Å²) in [5, 5.41) is 75.4. The van der Waals surface area contributed by atoms with Crippen LogP contribution < -0.4 is 5.32 Å². The fourth-order valence-electron chi connectivity index (χ4n) is 7.32. The molecule has 0 bridgehead atoms. The number of hydrogen-bond donors (Lipinski definition) is 8. The molecule has 0 aromatic heterocycles. The van der Waals surface area contributed by atoms with Gasteiger partial charge in [-0.2, -0.15) is 0 Å². The van der Waals surface area contributed by atoms with Crippen molar-refractivity contribution in [2.45, 2.75) is 249 Å². The highest BCUT2D eigenvalue weighted by Crippen LogP contribution is 2.23. The van der Waals surface area contributed by atoms with Gasteiger partial charge in [-0.1, -0.05) is 154 Å². The van der Waals surface area contributed by atoms with Gasteiger partial charge in [0, 0.05) is 0 Å². The molecule has 0 aromatic rings. The molecule has 1 aliphatic rings. The van der Waals surface area contributed by atoms with E-state index in [9.17, 15) is 40.5 Å². The first-order valence-corrected chi connectivity index (χ1v) is 23.2. The summed E-state index contributed by atoms with van der Waals surface area (Å²) in [7, 11) is 0. The lowest BCUT2D eigenvalue weighted by Crippen LogP contribution is -2.60. The molecule has 1 fully saturated rings. The minimum absolute atomic E-state index is 0.247. The maximum Gasteiger partial charge on any atom is 0.249 e. The van der Waals surface area contributed by atoms with Gasteiger partial charge in [-0.25, -0.2) is 0 Å². The van der Waals surface area contributed by atoms with Crippen LogP contribution in [-0.2, 0) is 14.3 Å². The third kappa shape index (κ3) is 26.4. The Kier molecular flexibility index (Phi) is 34.3. The predicted molar refractivity (Wildman–Crippen MR) is 229 cm³/mol. The topological polar surface area (TPSA) is 189 Å². The zero-order valence-electron chi connectivity index (χ0n) is 36.1. The van der Waals surface area contributed by atoms with E-state index in [4.69, 9.17) is 9.47 Å². The monoisotopic (exact) mass is 814 g/mol. The number of amides is 1. The highest BCUT2D eigenvalue weighted by Gasteiger charge is 2.44. The van der Waals surface area contributed by atoms with Gasteiger partial charge in [-0.3, -0.25) is 4.79 Å². The van der Waals surface area contributed by atoms with Crippen LogP contribution in [0.4, 0.5) is 0 Å². The van der Waals surface area contributed by atoms with Crippen molar-refractivity contribution in [2.75, 3.05) is 13.2 Å². The van der Waals surface area contributed by atoms with Gasteiger partial charge in [0.15, 0.2) is 6.29 Å². The van der Waals surface area contributed by atoms with Gasteiger partial charge in [-0.05, 0) is 64.2 Å². The maximum atomic E-state index is 13.1. The van der Waals surface area contributed by atoms with Crippen LogP contribution in [-0.4, -0.2) is 110 Å². The number of hydrogen-bond acceptors (Lipinski definition) is 10. The van der Waals surface area contributed by atoms with Gasteiger partial charge in [0.1, 0.15) is 36.6 Å². The van der Waals surface area contributed by atoms with Crippen LogP contribution in [0.1, 0.15) is 194 Å². The zero-order valence-corrected chi connectivity index (χ0v) is 36.1. The van der Waals surface area contributed by atoms with Crippen molar-refractivity contribution in [3.05, 3.63) is 24.3 Å². The Morgan fingerprint density at radius 3 is 1.51 bits per heavy atom. The van der Waals surface area contributed by atoms with E-state index >= 15 is 0 Å². The van der Waals surface area contributed by atoms with E-state index in [1.54, 1.807) is 0 Å². The molecule has 1 amide bonds. The number of unbranched alkanes of at least 4 members (excludes halogenated alkanes) is 22. The van der Waals surface area contributed by atoms with Crippen LogP contribution in [0.25, 0.3) is 0 Å². The van der Waals surface area contributed by atoms with Crippen molar-refractivity contribution in [1.82, 2.24) is 5.32 Å². The lowest BCUT2D eigenvalue weighted by atomic mass is 9.98. The van der Waals surface area contributed by atoms with E-state index < -0.39 is 74.2 Å². The summed E-state index contributed by atoms with van der Waals surface area (Å²) in [6, 6.07) is -1.18. The van der Waals surface area contributed by atoms with Gasteiger partial charge in [-0.15, -0.1) is 0 Å². The average molecular weight is 814 g/mol. The second kappa shape index (κ2) is 36.4. The lowest BCUT2D eigenvalue weighted by molar-refractivity contribution is -0.303. The fraction of sp³-hybridized carbons (Fsp3) is 0.891. The van der Waals surface area contributed by atoms with Gasteiger partial charge < -0.3 is 50.5 Å². The molecule has 57 heavy (non-hydrogen) atoms. The molecule has 1 aliphatic heterocycles. The van der Waals surface area contributed by atoms with E-state index in [1.165, 1.54) is 96.3 Å². The summed E-state index contributed by atoms with van der Waals surface area (Å²) >= 11 is 0. The number of allylic oxidation sites excluding steroid dienone is 4. The van der Waals surface area contributed by atoms with Gasteiger partial charge >= 0.3 is 0 Å². The van der Waals surface area contributed by atoms with Crippen molar-refractivity contribution in [2.24, 2.45) is 0 Å². The summed E-state index contributed by atoms with van der Waals surface area (Å²) in [5.41, 5.74) is 0. The number of rotatable bonds is 38. The van der Waals surface area contributed by atoms with E-state index in [1.807, 2.05) is 0 Å². The summed E-state index contributed by atoms with van der Waals surface area (Å²) in [6.07, 6.45) is 28.1. The minimum Gasteiger partial charge on any atom is -0.394 e. The van der Waals surface area contributed by atoms with E-state index in [0.29, 0.717) is 12.8 Å². The number of nitrogens with one attached hydrogen (secondary N) is 1. The molecule has 8 N–H and O–H groups in total. The number of aliphatic hydroxyl groups is 7. The Morgan fingerprint density at radius 1 is 0.596 bits per heavy atom. The molecule has 336 valence electrons. The second-order valence-electron chi connectivity index (χ2n) is 16.5. The summed E-state index contributed by atoms with van der Waals surface area (Å²) in [4.78, 5) is 13.1. The van der Waals surface area contributed by atoms with Gasteiger partial charge in [0.05, 0.1) is 25.4 Å². The molecule has 0 radical (unpaired) electrons. The first-order valence-electron chi connectivity index (χ1n) is 23.2. The number of ether oxygens (including phenoxy) is 2. The van der Waals surface area contributed by atoms with Crippen molar-refractivity contribution in [3.63, 3.8) is 0 Å². The predicted octanol–water partition coefficient (Wildman–Crippen LogP) is 7.45. The highest BCUT2D eigenvalue weighted by molar-refractivity contribution is 5.80. The molecule has 0 spiro atoms. The maximum absolute atomic E-state index is 13.1. The molecule has 1 rings (SSSR count). The number of carbonyl (C=O) groups excluding carboxylic acids is 1. The van der Waals surface area contributed by atoms with Crippen LogP contribution in [0.2, 0.25) is 0 Å². The van der Waals surface area contributed by atoms with Crippen molar-refractivity contribution in [1.29, 1.82) is 0 Å². The molecule has 9 atom stereocenters. The van der Waals surface area contributed by atoms with Crippen LogP contribution in [0.5, 0.6) is 0 Å². The molecule has 1 heterocycles. The normalized spacial score (nSPS) is 22.3. The lowest BCUT2D eigenvalue weighted by Gasteiger charge is -2.40. The molecule has 11 heteroatoms. The molecule has 0 aliphatic carbocycles. The average Bonchev–Trinajstić information content (AvgIpc) is 3.21. The van der Waals surface area contributed by atoms with Crippen LogP contribution in [0, 0.1) is 0 Å². The van der Waals surface area contributed by atoms with Crippen LogP contribution in [0.15, 0.2) is 24.3 Å². The van der Waals surface area contributed by atoms with Crippen molar-refractivity contribution in [3.8, 4) is 0 Å². The summed E-state index contributed by atoms with van der Waals surface area (Å²) < 4.78 is 11.0. The molecule has 11 nitrogen and oxygen atoms in total. The Hall–Kier alpha value is -1.41. The standard InChI is InChI=1S/C46H87NO10/c1-3-5-7-9-11-13-15-16-17-18-19-20-21-22-23-24-26-28-30-32-34-39(50)45(55)47-37(36-56-46-44(54)43(53)42(52)40(35-48)57-46)41(51)38(49)33-31-29-27-25-14-12-10-8-6-4-2/h20-21,25,27,37-44,46,48-54H,3-19,22-24,26,28-36H2,1-2H3,(H,47,55)/b21-20-,27-25+. The zero-order chi connectivity index (χ0) is 41.9. The van der Waals surface area contributed by atoms with Gasteiger partial charge in [0.2, 0.25) is 5.91 Å². The Labute approximate surface area is 346 Å². The molecule has 9 unspecified atom stereocenters. The SMILES string of the molecule is CCCCCCC/C=C/CCCC(O)C(O)C(COC1OC(CO)C(O)C(O)C1O)NC(=O)C(O)CCCCCCCC/C=C\CCCCCCCCCCCC. The molecular weight excluding hydrogens is 727 g/mol. The molecular formula is C46H87NO10. The third-order valence-electron chi connectivity index (χ3n) is 11.2.